The van der Waals surface area contributed by atoms with Gasteiger partial charge in [-0.05, 0) is 28.9 Å². The van der Waals surface area contributed by atoms with Crippen molar-refractivity contribution in [1.82, 2.24) is 0 Å². The van der Waals surface area contributed by atoms with E-state index in [0.717, 1.165) is 0 Å². The molecule has 16 heavy (non-hydrogen) atoms. The molecule has 0 unspecified atom stereocenters. The van der Waals surface area contributed by atoms with Gasteiger partial charge in [-0.3, -0.25) is 0 Å². The van der Waals surface area contributed by atoms with E-state index in [1.807, 2.05) is 0 Å². The van der Waals surface area contributed by atoms with Crippen molar-refractivity contribution in [3.05, 3.63) is 27.5 Å². The monoisotopic (exact) mass is 330 g/mol. The molecule has 0 amide bonds. The van der Waals surface area contributed by atoms with Crippen LogP contribution in [0.15, 0.2) is 10.5 Å². The summed E-state index contributed by atoms with van der Waals surface area (Å²) in [6.07, 6.45) is 0. The summed E-state index contributed by atoms with van der Waals surface area (Å²) in [7, 11) is 2.79. The quantitative estimate of drug-likeness (QED) is 0.800. The number of hydrogen-bond donors (Lipinski definition) is 0. The Morgan fingerprint density at radius 1 is 1.56 bits per heavy atom. The van der Waals surface area contributed by atoms with Gasteiger partial charge in [0.25, 0.3) is 0 Å². The summed E-state index contributed by atoms with van der Waals surface area (Å²) in [4.78, 5) is 0. The molecule has 0 heterocycles. The lowest BCUT2D eigenvalue weighted by molar-refractivity contribution is 0.403. The van der Waals surface area contributed by atoms with Crippen molar-refractivity contribution in [2.24, 2.45) is 0 Å². The van der Waals surface area contributed by atoms with Gasteiger partial charge in [0.2, 0.25) is 9.05 Å². The molecular formula is C9H9BrClFO3S. The van der Waals surface area contributed by atoms with Gasteiger partial charge in [0, 0.05) is 21.8 Å². The summed E-state index contributed by atoms with van der Waals surface area (Å²) in [5.74, 6) is -0.685. The minimum atomic E-state index is -3.71. The molecule has 7 heteroatoms. The van der Waals surface area contributed by atoms with Gasteiger partial charge in [-0.15, -0.1) is 0 Å². The molecule has 0 saturated carbocycles. The van der Waals surface area contributed by atoms with Gasteiger partial charge in [0.1, 0.15) is 11.6 Å². The largest absolute Gasteiger partial charge is 0.496 e. The summed E-state index contributed by atoms with van der Waals surface area (Å²) >= 11 is 3.00. The molecule has 0 N–H and O–H groups in total. The molecule has 0 aliphatic carbocycles. The number of methoxy groups -OCH3 is 1. The van der Waals surface area contributed by atoms with Crippen molar-refractivity contribution in [3.63, 3.8) is 0 Å². The predicted molar refractivity (Wildman–Crippen MR) is 63.9 cm³/mol. The van der Waals surface area contributed by atoms with Crippen molar-refractivity contribution in [1.29, 1.82) is 0 Å². The Balaban J connectivity index is 3.39. The first-order valence-electron chi connectivity index (χ1n) is 4.20. The van der Waals surface area contributed by atoms with E-state index in [2.05, 4.69) is 15.9 Å². The molecule has 3 nitrogen and oxygen atoms in total. The minimum absolute atomic E-state index is 0.182. The summed E-state index contributed by atoms with van der Waals surface area (Å²) < 4.78 is 40.6. The topological polar surface area (TPSA) is 43.4 Å². The summed E-state index contributed by atoms with van der Waals surface area (Å²) in [6.45, 7) is 1.50. The molecule has 0 atom stereocenters. The Hall–Kier alpha value is -0.330. The highest BCUT2D eigenvalue weighted by atomic mass is 79.9. The van der Waals surface area contributed by atoms with Gasteiger partial charge in [-0.1, -0.05) is 0 Å². The number of rotatable bonds is 3. The molecule has 0 bridgehead atoms. The molecule has 1 aromatic carbocycles. The minimum Gasteiger partial charge on any atom is -0.496 e. The molecule has 0 aliphatic rings. The second kappa shape index (κ2) is 4.89. The van der Waals surface area contributed by atoms with Crippen LogP contribution in [0.3, 0.4) is 0 Å². The van der Waals surface area contributed by atoms with E-state index in [4.69, 9.17) is 15.4 Å². The molecule has 0 aliphatic heterocycles. The van der Waals surface area contributed by atoms with Crippen molar-refractivity contribution >= 4 is 35.7 Å². The maximum absolute atomic E-state index is 13.5. The fraction of sp³-hybridized carbons (Fsp3) is 0.333. The van der Waals surface area contributed by atoms with Crippen molar-refractivity contribution in [2.75, 3.05) is 7.11 Å². The Kier molecular flexibility index (Phi) is 4.20. The van der Waals surface area contributed by atoms with E-state index in [0.29, 0.717) is 5.56 Å². The van der Waals surface area contributed by atoms with Gasteiger partial charge in [0.05, 0.1) is 17.3 Å². The normalized spacial score (nSPS) is 11.6. The molecular weight excluding hydrogens is 323 g/mol. The highest BCUT2D eigenvalue weighted by molar-refractivity contribution is 9.10. The van der Waals surface area contributed by atoms with Crippen molar-refractivity contribution in [2.45, 2.75) is 12.7 Å². The van der Waals surface area contributed by atoms with E-state index in [9.17, 15) is 12.8 Å². The second-order valence-electron chi connectivity index (χ2n) is 3.17. The van der Waals surface area contributed by atoms with Gasteiger partial charge < -0.3 is 4.74 Å². The van der Waals surface area contributed by atoms with Crippen molar-refractivity contribution < 1.29 is 17.5 Å². The van der Waals surface area contributed by atoms with Gasteiger partial charge in [-0.2, -0.15) is 0 Å². The Morgan fingerprint density at radius 3 is 2.56 bits per heavy atom. The molecule has 0 fully saturated rings. The zero-order chi connectivity index (χ0) is 12.5. The zero-order valence-corrected chi connectivity index (χ0v) is 11.7. The molecule has 0 saturated heterocycles. The van der Waals surface area contributed by atoms with E-state index >= 15 is 0 Å². The third-order valence-electron chi connectivity index (χ3n) is 2.00. The van der Waals surface area contributed by atoms with E-state index in [-0.39, 0.29) is 15.8 Å². The van der Waals surface area contributed by atoms with Crippen LogP contribution in [0.1, 0.15) is 11.1 Å². The fourth-order valence-corrected chi connectivity index (χ4v) is 2.89. The Morgan fingerprint density at radius 2 is 2.12 bits per heavy atom. The lowest BCUT2D eigenvalue weighted by Crippen LogP contribution is -2.02. The van der Waals surface area contributed by atoms with Crippen LogP contribution in [0.4, 0.5) is 4.39 Å². The van der Waals surface area contributed by atoms with Gasteiger partial charge in [0.15, 0.2) is 0 Å². The molecule has 90 valence electrons. The predicted octanol–water partition coefficient (Wildman–Crippen LogP) is 2.97. The van der Waals surface area contributed by atoms with Crippen LogP contribution in [0.25, 0.3) is 0 Å². The number of benzene rings is 1. The van der Waals surface area contributed by atoms with Crippen LogP contribution in [0.2, 0.25) is 0 Å². The van der Waals surface area contributed by atoms with Crippen LogP contribution < -0.4 is 4.74 Å². The lowest BCUT2D eigenvalue weighted by Gasteiger charge is -2.12. The maximum Gasteiger partial charge on any atom is 0.236 e. The van der Waals surface area contributed by atoms with Crippen LogP contribution >= 0.6 is 26.6 Å². The van der Waals surface area contributed by atoms with Gasteiger partial charge >= 0.3 is 0 Å². The lowest BCUT2D eigenvalue weighted by atomic mass is 10.1. The van der Waals surface area contributed by atoms with Crippen molar-refractivity contribution in [3.8, 4) is 5.75 Å². The van der Waals surface area contributed by atoms with E-state index in [1.165, 1.54) is 20.1 Å². The Labute approximate surface area is 106 Å². The molecule has 0 radical (unpaired) electrons. The van der Waals surface area contributed by atoms with Crippen LogP contribution in [-0.2, 0) is 14.8 Å². The SMILES string of the molecule is COc1c(CS(=O)(=O)Cl)cc(Br)c(F)c1C. The zero-order valence-electron chi connectivity index (χ0n) is 8.55. The number of halogens is 3. The maximum atomic E-state index is 13.5. The highest BCUT2D eigenvalue weighted by Crippen LogP contribution is 2.32. The van der Waals surface area contributed by atoms with Crippen LogP contribution in [-0.4, -0.2) is 15.5 Å². The molecule has 1 rings (SSSR count). The average Bonchev–Trinajstić information content (AvgIpc) is 2.12. The number of ether oxygens (including phenoxy) is 1. The smallest absolute Gasteiger partial charge is 0.236 e. The molecule has 0 aromatic heterocycles. The first kappa shape index (κ1) is 13.7. The Bertz CT molecular complexity index is 516. The third kappa shape index (κ3) is 3.09. The molecule has 0 spiro atoms. The van der Waals surface area contributed by atoms with Gasteiger partial charge in [-0.25, -0.2) is 12.8 Å². The fourth-order valence-electron chi connectivity index (χ4n) is 1.38. The first-order chi connectivity index (χ1) is 7.26. The second-order valence-corrected chi connectivity index (χ2v) is 6.80. The first-order valence-corrected chi connectivity index (χ1v) is 7.47. The summed E-state index contributed by atoms with van der Waals surface area (Å²) in [6, 6.07) is 1.35. The third-order valence-corrected chi connectivity index (χ3v) is 3.56. The highest BCUT2D eigenvalue weighted by Gasteiger charge is 2.18. The average molecular weight is 332 g/mol. The van der Waals surface area contributed by atoms with E-state index in [1.54, 1.807) is 0 Å². The van der Waals surface area contributed by atoms with E-state index < -0.39 is 20.6 Å². The standard InChI is InChI=1S/C9H9BrClFO3S/c1-5-8(12)7(10)3-6(9(5)15-2)4-16(11,13)14/h3H,4H2,1-2H3. The summed E-state index contributed by atoms with van der Waals surface area (Å²) in [5, 5.41) is 0. The van der Waals surface area contributed by atoms with Crippen LogP contribution in [0.5, 0.6) is 5.75 Å². The number of hydrogen-bond acceptors (Lipinski definition) is 3. The van der Waals surface area contributed by atoms with Crippen LogP contribution in [0, 0.1) is 12.7 Å². The molecule has 1 aromatic rings. The summed E-state index contributed by atoms with van der Waals surface area (Å²) in [5.41, 5.74) is 0.565.